The molecule has 1 aliphatic heterocycles. The molecular weight excluding hydrogens is 502 g/mol. The summed E-state index contributed by atoms with van der Waals surface area (Å²) < 4.78 is 112. The number of ether oxygens (including phenoxy) is 1. The van der Waals surface area contributed by atoms with E-state index in [1.165, 1.54) is 18.6 Å². The van der Waals surface area contributed by atoms with Crippen LogP contribution in [0.25, 0.3) is 0 Å². The minimum absolute atomic E-state index is 0.0525. The van der Waals surface area contributed by atoms with Gasteiger partial charge in [-0.2, -0.15) is 30.6 Å². The molecule has 2 aromatic rings. The lowest BCUT2D eigenvalue weighted by Gasteiger charge is -2.34. The van der Waals surface area contributed by atoms with E-state index >= 15 is 0 Å². The van der Waals surface area contributed by atoms with Gasteiger partial charge in [0.2, 0.25) is 0 Å². The zero-order valence-corrected chi connectivity index (χ0v) is 19.3. The number of imidazole rings is 1. The molecule has 0 radical (unpaired) electrons. The number of H-pyrrole nitrogens is 1. The summed E-state index contributed by atoms with van der Waals surface area (Å²) in [7, 11) is -5.82. The average molecular weight is 527 g/mol. The number of aromatic amines is 1. The van der Waals surface area contributed by atoms with Crippen molar-refractivity contribution >= 4 is 15.7 Å². The number of fused-ring (bicyclic) bond motifs is 1. The van der Waals surface area contributed by atoms with E-state index in [4.69, 9.17) is 4.74 Å². The number of hydrogen-bond donors (Lipinski definition) is 1. The first kappa shape index (κ1) is 25.8. The van der Waals surface area contributed by atoms with Crippen LogP contribution in [-0.4, -0.2) is 53.5 Å². The number of sulfonamides is 1. The molecule has 1 N–H and O–H groups in total. The summed E-state index contributed by atoms with van der Waals surface area (Å²) in [5.74, 6) is 0. The van der Waals surface area contributed by atoms with E-state index in [1.807, 2.05) is 0 Å². The first-order valence-electron chi connectivity index (χ1n) is 11.0. The maximum Gasteiger partial charge on any atom is 0.511 e. The van der Waals surface area contributed by atoms with Gasteiger partial charge in [0.15, 0.2) is 0 Å². The summed E-state index contributed by atoms with van der Waals surface area (Å²) >= 11 is 0. The van der Waals surface area contributed by atoms with Gasteiger partial charge in [-0.1, -0.05) is 12.8 Å². The Morgan fingerprint density at radius 2 is 1.83 bits per heavy atom. The first-order chi connectivity index (χ1) is 16.4. The van der Waals surface area contributed by atoms with Crippen molar-refractivity contribution in [3.8, 4) is 0 Å². The van der Waals surface area contributed by atoms with E-state index in [-0.39, 0.29) is 34.8 Å². The second kappa shape index (κ2) is 9.62. The average Bonchev–Trinajstić information content (AvgIpc) is 3.44. The number of benzene rings is 1. The van der Waals surface area contributed by atoms with Gasteiger partial charge in [-0.25, -0.2) is 13.4 Å². The zero-order valence-electron chi connectivity index (χ0n) is 18.4. The van der Waals surface area contributed by atoms with E-state index in [0.717, 1.165) is 31.7 Å². The molecule has 0 unspecified atom stereocenters. The van der Waals surface area contributed by atoms with Gasteiger partial charge in [-0.05, 0) is 36.6 Å². The number of alkyl halides is 6. The molecule has 194 valence electrons. The van der Waals surface area contributed by atoms with Crippen LogP contribution in [0.2, 0.25) is 0 Å². The number of halogens is 6. The lowest BCUT2D eigenvalue weighted by atomic mass is 10.1. The summed E-state index contributed by atoms with van der Waals surface area (Å²) in [6.07, 6.45) is 1.47. The number of hydrogen-bond acceptors (Lipinski definition) is 5. The highest BCUT2D eigenvalue weighted by atomic mass is 32.2. The standard InChI is InChI=1S/C21H24F6N4O3S/c22-20(23,24)15-5-6-19-14(7-15)9-30(35(32,33)21(25,26)27)11-17(12-34-18-3-1-2-4-18)31(19)10-16-8-28-13-29-16/h5-8,13,17-18H,1-4,9-12H2,(H,28,29)/t17-/m1/s1. The molecule has 0 saturated heterocycles. The van der Waals surface area contributed by atoms with E-state index in [0.29, 0.717) is 11.8 Å². The third kappa shape index (κ3) is 5.59. The largest absolute Gasteiger partial charge is 0.511 e. The normalized spacial score (nSPS) is 20.7. The van der Waals surface area contributed by atoms with Gasteiger partial charge in [0.1, 0.15) is 0 Å². The molecule has 1 aliphatic carbocycles. The molecule has 0 bridgehead atoms. The van der Waals surface area contributed by atoms with Crippen molar-refractivity contribution in [2.45, 2.75) is 62.6 Å². The van der Waals surface area contributed by atoms with Crippen LogP contribution in [0, 0.1) is 0 Å². The molecule has 1 atom stereocenters. The molecule has 1 aromatic carbocycles. The van der Waals surface area contributed by atoms with E-state index in [2.05, 4.69) is 9.97 Å². The highest BCUT2D eigenvalue weighted by Gasteiger charge is 2.51. The van der Waals surface area contributed by atoms with E-state index in [1.54, 1.807) is 4.90 Å². The Balaban J connectivity index is 1.78. The van der Waals surface area contributed by atoms with Gasteiger partial charge in [-0.15, -0.1) is 0 Å². The van der Waals surface area contributed by atoms with E-state index < -0.39 is 46.4 Å². The van der Waals surface area contributed by atoms with Gasteiger partial charge >= 0.3 is 21.7 Å². The zero-order chi connectivity index (χ0) is 25.4. The fourth-order valence-corrected chi connectivity index (χ4v) is 5.47. The SMILES string of the molecule is O=S(=O)(N1Cc2cc(C(F)(F)F)ccc2N(Cc2cnc[nH]2)[C@@H](COC2CCCC2)C1)C(F)(F)F. The van der Waals surface area contributed by atoms with Gasteiger partial charge in [0, 0.05) is 25.0 Å². The molecule has 2 heterocycles. The van der Waals surface area contributed by atoms with Gasteiger partial charge < -0.3 is 14.6 Å². The fourth-order valence-electron chi connectivity index (χ4n) is 4.50. The van der Waals surface area contributed by atoms with E-state index in [9.17, 15) is 34.8 Å². The Kier molecular flexibility index (Phi) is 7.08. The van der Waals surface area contributed by atoms with Crippen molar-refractivity contribution in [3.63, 3.8) is 0 Å². The van der Waals surface area contributed by atoms with Crippen LogP contribution in [-0.2, 0) is 34.0 Å². The Morgan fingerprint density at radius 3 is 2.43 bits per heavy atom. The summed E-state index contributed by atoms with van der Waals surface area (Å²) in [6.45, 7) is -1.51. The van der Waals surface area contributed by atoms with Crippen LogP contribution >= 0.6 is 0 Å². The Bertz CT molecular complexity index is 1120. The maximum atomic E-state index is 13.5. The maximum absolute atomic E-state index is 13.5. The van der Waals surface area contributed by atoms with Gasteiger partial charge in [-0.3, -0.25) is 0 Å². The predicted molar refractivity (Wildman–Crippen MR) is 114 cm³/mol. The molecule has 1 saturated carbocycles. The number of rotatable bonds is 6. The number of aromatic nitrogens is 2. The lowest BCUT2D eigenvalue weighted by Crippen LogP contribution is -2.49. The van der Waals surface area contributed by atoms with Gasteiger partial charge in [0.25, 0.3) is 0 Å². The molecule has 7 nitrogen and oxygen atoms in total. The van der Waals surface area contributed by atoms with Crippen LogP contribution in [0.4, 0.5) is 32.0 Å². The molecule has 1 fully saturated rings. The van der Waals surface area contributed by atoms with Crippen molar-refractivity contribution in [2.24, 2.45) is 0 Å². The molecule has 35 heavy (non-hydrogen) atoms. The quantitative estimate of drug-likeness (QED) is 0.564. The second-order valence-corrected chi connectivity index (χ2v) is 10.6. The Hall–Kier alpha value is -2.32. The highest BCUT2D eigenvalue weighted by molar-refractivity contribution is 7.89. The smallest absolute Gasteiger partial charge is 0.376 e. The third-order valence-corrected chi connectivity index (χ3v) is 7.82. The third-order valence-electron chi connectivity index (χ3n) is 6.27. The Morgan fingerprint density at radius 1 is 1.11 bits per heavy atom. The molecule has 14 heteroatoms. The minimum Gasteiger partial charge on any atom is -0.376 e. The number of nitrogens with one attached hydrogen (secondary N) is 1. The molecule has 2 aliphatic rings. The number of anilines is 1. The molecule has 4 rings (SSSR count). The van der Waals surface area contributed by atoms with Crippen LogP contribution in [0.1, 0.15) is 42.5 Å². The first-order valence-corrected chi connectivity index (χ1v) is 12.4. The number of nitrogens with zero attached hydrogens (tertiary/aromatic N) is 3. The minimum atomic E-state index is -5.82. The van der Waals surface area contributed by atoms with Crippen LogP contribution in [0.15, 0.2) is 30.7 Å². The van der Waals surface area contributed by atoms with Crippen molar-refractivity contribution in [1.29, 1.82) is 0 Å². The highest BCUT2D eigenvalue weighted by Crippen LogP contribution is 2.38. The van der Waals surface area contributed by atoms with Crippen molar-refractivity contribution < 1.29 is 39.5 Å². The van der Waals surface area contributed by atoms with Crippen LogP contribution in [0.3, 0.4) is 0 Å². The predicted octanol–water partition coefficient (Wildman–Crippen LogP) is 4.43. The fraction of sp³-hybridized carbons (Fsp3) is 0.571. The van der Waals surface area contributed by atoms with Crippen LogP contribution < -0.4 is 4.90 Å². The summed E-state index contributed by atoms with van der Waals surface area (Å²) in [4.78, 5) is 8.37. The van der Waals surface area contributed by atoms with Crippen molar-refractivity contribution in [3.05, 3.63) is 47.5 Å². The topological polar surface area (TPSA) is 78.5 Å². The molecule has 0 spiro atoms. The Labute approximate surface area is 198 Å². The molecular formula is C21H24F6N4O3S. The molecule has 0 amide bonds. The lowest BCUT2D eigenvalue weighted by molar-refractivity contribution is -0.137. The summed E-state index contributed by atoms with van der Waals surface area (Å²) in [6, 6.07) is 1.81. The van der Waals surface area contributed by atoms with Crippen molar-refractivity contribution in [1.82, 2.24) is 14.3 Å². The molecule has 1 aromatic heterocycles. The summed E-state index contributed by atoms with van der Waals surface area (Å²) in [5, 5.41) is 0. The van der Waals surface area contributed by atoms with Crippen molar-refractivity contribution in [2.75, 3.05) is 18.1 Å². The van der Waals surface area contributed by atoms with Gasteiger partial charge in [0.05, 0.1) is 42.9 Å². The van der Waals surface area contributed by atoms with Crippen LogP contribution in [0.5, 0.6) is 0 Å². The summed E-state index contributed by atoms with van der Waals surface area (Å²) in [5.41, 5.74) is -6.12. The second-order valence-electron chi connectivity index (χ2n) is 8.68. The monoisotopic (exact) mass is 526 g/mol.